The van der Waals surface area contributed by atoms with E-state index in [9.17, 15) is 4.79 Å². The van der Waals surface area contributed by atoms with Gasteiger partial charge in [-0.2, -0.15) is 0 Å². The van der Waals surface area contributed by atoms with Gasteiger partial charge in [0.05, 0.1) is 12.1 Å². The number of hydrogen-bond acceptors (Lipinski definition) is 2. The Labute approximate surface area is 160 Å². The maximum absolute atomic E-state index is 12.6. The second-order valence-corrected chi connectivity index (χ2v) is 7.58. The van der Waals surface area contributed by atoms with Crippen molar-refractivity contribution in [2.75, 3.05) is 13.1 Å². The Hall–Kier alpha value is -2.71. The van der Waals surface area contributed by atoms with Crippen LogP contribution < -0.4 is 0 Å². The molecule has 1 aliphatic carbocycles. The molecule has 1 saturated heterocycles. The first-order valence-electron chi connectivity index (χ1n) is 9.83. The average molecular weight is 353 g/mol. The lowest BCUT2D eigenvalue weighted by atomic mass is 9.78. The van der Waals surface area contributed by atoms with Crippen LogP contribution in [0.4, 0.5) is 0 Å². The van der Waals surface area contributed by atoms with E-state index < -0.39 is 5.54 Å². The third kappa shape index (κ3) is 2.40. The fraction of sp³-hybridized carbons (Fsp3) is 0.240. The summed E-state index contributed by atoms with van der Waals surface area (Å²) in [6.07, 6.45) is 2.75. The molecule has 0 N–H and O–H groups in total. The molecule has 3 aromatic carbocycles. The van der Waals surface area contributed by atoms with E-state index in [0.29, 0.717) is 18.7 Å². The quantitative estimate of drug-likeness (QED) is 0.645. The standard InChI is InChI=1S/C25H23NO/c27-20-12-8-9-17-26(18-20)25(19-10-2-1-3-11-19)23-15-6-4-13-21(23)22-14-5-7-16-24(22)25/h1-7,10-11,13-16H,8-9,12,17-18H2. The number of rotatable bonds is 2. The van der Waals surface area contributed by atoms with Gasteiger partial charge >= 0.3 is 0 Å². The summed E-state index contributed by atoms with van der Waals surface area (Å²) in [5.41, 5.74) is 6.02. The number of likely N-dealkylation sites (tertiary alicyclic amines) is 1. The maximum Gasteiger partial charge on any atom is 0.146 e. The van der Waals surface area contributed by atoms with E-state index in [0.717, 1.165) is 19.4 Å². The number of carbonyl (C=O) groups excluding carboxylic acids is 1. The highest BCUT2D eigenvalue weighted by Gasteiger charge is 2.49. The van der Waals surface area contributed by atoms with Crippen molar-refractivity contribution in [3.05, 3.63) is 95.6 Å². The Balaban J connectivity index is 1.85. The van der Waals surface area contributed by atoms with Gasteiger partial charge in [-0.25, -0.2) is 0 Å². The highest BCUT2D eigenvalue weighted by molar-refractivity contribution is 5.85. The summed E-state index contributed by atoms with van der Waals surface area (Å²) in [5.74, 6) is 0.352. The van der Waals surface area contributed by atoms with Crippen molar-refractivity contribution in [2.45, 2.75) is 24.8 Å². The smallest absolute Gasteiger partial charge is 0.146 e. The van der Waals surface area contributed by atoms with Crippen molar-refractivity contribution in [3.63, 3.8) is 0 Å². The number of Topliss-reactive ketones (excluding diaryl/α,β-unsaturated/α-hetero) is 1. The van der Waals surface area contributed by atoms with E-state index >= 15 is 0 Å². The van der Waals surface area contributed by atoms with E-state index in [1.165, 1.54) is 27.8 Å². The number of hydrogen-bond donors (Lipinski definition) is 0. The molecule has 0 radical (unpaired) electrons. The SMILES string of the molecule is O=C1CCCCN(C2(c3ccccc3)c3ccccc3-c3ccccc32)C1. The summed E-state index contributed by atoms with van der Waals surface area (Å²) in [7, 11) is 0. The molecule has 0 unspecified atom stereocenters. The first kappa shape index (κ1) is 16.5. The van der Waals surface area contributed by atoms with Gasteiger partial charge in [0.15, 0.2) is 0 Å². The van der Waals surface area contributed by atoms with Crippen LogP contribution in [0, 0.1) is 0 Å². The molecule has 27 heavy (non-hydrogen) atoms. The normalized spacial score (nSPS) is 18.6. The van der Waals surface area contributed by atoms with Crippen LogP contribution in [0.2, 0.25) is 0 Å². The monoisotopic (exact) mass is 353 g/mol. The number of fused-ring (bicyclic) bond motifs is 3. The lowest BCUT2D eigenvalue weighted by Gasteiger charge is -2.43. The molecule has 2 nitrogen and oxygen atoms in total. The first-order chi connectivity index (χ1) is 13.3. The second-order valence-electron chi connectivity index (χ2n) is 7.58. The summed E-state index contributed by atoms with van der Waals surface area (Å²) in [4.78, 5) is 15.0. The first-order valence-corrected chi connectivity index (χ1v) is 9.83. The molecular weight excluding hydrogens is 330 g/mol. The lowest BCUT2D eigenvalue weighted by Crippen LogP contribution is -2.48. The minimum absolute atomic E-state index is 0.352. The Kier molecular flexibility index (Phi) is 3.95. The molecule has 1 aliphatic heterocycles. The topological polar surface area (TPSA) is 20.3 Å². The molecule has 2 heteroatoms. The van der Waals surface area contributed by atoms with Gasteiger partial charge in [0, 0.05) is 13.0 Å². The van der Waals surface area contributed by atoms with Crippen molar-refractivity contribution in [2.24, 2.45) is 0 Å². The van der Waals surface area contributed by atoms with Gasteiger partial charge in [-0.3, -0.25) is 9.69 Å². The van der Waals surface area contributed by atoms with Crippen LogP contribution in [0.1, 0.15) is 36.0 Å². The van der Waals surface area contributed by atoms with Gasteiger partial charge in [0.2, 0.25) is 0 Å². The van der Waals surface area contributed by atoms with Crippen LogP contribution in [-0.2, 0) is 10.3 Å². The molecular formula is C25H23NO. The summed E-state index contributed by atoms with van der Waals surface area (Å²) < 4.78 is 0. The Morgan fingerprint density at radius 3 is 1.96 bits per heavy atom. The third-order valence-corrected chi connectivity index (χ3v) is 6.09. The Morgan fingerprint density at radius 2 is 1.30 bits per heavy atom. The van der Waals surface area contributed by atoms with Crippen molar-refractivity contribution in [1.82, 2.24) is 4.90 Å². The average Bonchev–Trinajstić information content (AvgIpc) is 2.84. The van der Waals surface area contributed by atoms with Crippen LogP contribution in [0.5, 0.6) is 0 Å². The zero-order chi connectivity index (χ0) is 18.3. The van der Waals surface area contributed by atoms with Gasteiger partial charge in [0.25, 0.3) is 0 Å². The van der Waals surface area contributed by atoms with Gasteiger partial charge in [-0.1, -0.05) is 78.9 Å². The van der Waals surface area contributed by atoms with Gasteiger partial charge < -0.3 is 0 Å². The number of benzene rings is 3. The second kappa shape index (κ2) is 6.47. The van der Waals surface area contributed by atoms with Crippen molar-refractivity contribution in [3.8, 4) is 11.1 Å². The molecule has 0 aromatic heterocycles. The van der Waals surface area contributed by atoms with Crippen LogP contribution in [0.15, 0.2) is 78.9 Å². The zero-order valence-corrected chi connectivity index (χ0v) is 15.4. The molecule has 1 fully saturated rings. The van der Waals surface area contributed by atoms with E-state index in [-0.39, 0.29) is 0 Å². The number of carbonyl (C=O) groups is 1. The summed E-state index contributed by atoms with van der Waals surface area (Å²) in [5, 5.41) is 0. The summed E-state index contributed by atoms with van der Waals surface area (Å²) in [6, 6.07) is 28.1. The Bertz CT molecular complexity index is 946. The van der Waals surface area contributed by atoms with Crippen LogP contribution >= 0.6 is 0 Å². The van der Waals surface area contributed by atoms with Crippen molar-refractivity contribution >= 4 is 5.78 Å². The van der Waals surface area contributed by atoms with Gasteiger partial charge in [0.1, 0.15) is 5.78 Å². The minimum atomic E-state index is -0.394. The minimum Gasteiger partial charge on any atom is -0.298 e. The van der Waals surface area contributed by atoms with E-state index in [1.807, 2.05) is 0 Å². The van der Waals surface area contributed by atoms with E-state index in [2.05, 4.69) is 83.8 Å². The maximum atomic E-state index is 12.6. The number of nitrogens with zero attached hydrogens (tertiary/aromatic N) is 1. The van der Waals surface area contributed by atoms with Gasteiger partial charge in [-0.15, -0.1) is 0 Å². The van der Waals surface area contributed by atoms with Crippen LogP contribution in [0.25, 0.3) is 11.1 Å². The van der Waals surface area contributed by atoms with Crippen LogP contribution in [0.3, 0.4) is 0 Å². The molecule has 1 heterocycles. The summed E-state index contributed by atoms with van der Waals surface area (Å²) >= 11 is 0. The molecule has 0 amide bonds. The molecule has 0 bridgehead atoms. The lowest BCUT2D eigenvalue weighted by molar-refractivity contribution is -0.120. The zero-order valence-electron chi connectivity index (χ0n) is 15.4. The summed E-state index contributed by atoms with van der Waals surface area (Å²) in [6.45, 7) is 1.45. The van der Waals surface area contributed by atoms with Crippen molar-refractivity contribution in [1.29, 1.82) is 0 Å². The molecule has 0 saturated carbocycles. The predicted molar refractivity (Wildman–Crippen MR) is 109 cm³/mol. The Morgan fingerprint density at radius 1 is 0.704 bits per heavy atom. The highest BCUT2D eigenvalue weighted by Crippen LogP contribution is 2.54. The fourth-order valence-corrected chi connectivity index (χ4v) is 5.01. The fourth-order valence-electron chi connectivity index (χ4n) is 5.01. The van der Waals surface area contributed by atoms with E-state index in [1.54, 1.807) is 0 Å². The third-order valence-electron chi connectivity index (χ3n) is 6.09. The van der Waals surface area contributed by atoms with E-state index in [4.69, 9.17) is 0 Å². The molecule has 2 aliphatic rings. The highest BCUT2D eigenvalue weighted by atomic mass is 16.1. The molecule has 3 aromatic rings. The van der Waals surface area contributed by atoms with Crippen molar-refractivity contribution < 1.29 is 4.79 Å². The number of ketones is 1. The largest absolute Gasteiger partial charge is 0.298 e. The van der Waals surface area contributed by atoms with Crippen LogP contribution in [-0.4, -0.2) is 23.8 Å². The van der Waals surface area contributed by atoms with Gasteiger partial charge in [-0.05, 0) is 40.7 Å². The predicted octanol–water partition coefficient (Wildman–Crippen LogP) is 5.01. The molecule has 0 atom stereocenters. The molecule has 134 valence electrons. The molecule has 5 rings (SSSR count). The molecule has 0 spiro atoms.